The number of benzene rings is 1. The second-order valence-electron chi connectivity index (χ2n) is 4.66. The summed E-state index contributed by atoms with van der Waals surface area (Å²) in [5, 5.41) is 3.51. The summed E-state index contributed by atoms with van der Waals surface area (Å²) in [7, 11) is 0. The molecule has 0 amide bonds. The van der Waals surface area contributed by atoms with Crippen LogP contribution in [-0.4, -0.2) is 12.6 Å². The molecule has 1 aromatic rings. The van der Waals surface area contributed by atoms with E-state index in [1.807, 2.05) is 30.3 Å². The molecule has 0 aromatic heterocycles. The van der Waals surface area contributed by atoms with Crippen molar-refractivity contribution in [3.8, 4) is 11.8 Å². The van der Waals surface area contributed by atoms with Gasteiger partial charge in [-0.15, -0.1) is 0 Å². The average molecular weight is 213 g/mol. The van der Waals surface area contributed by atoms with E-state index >= 15 is 0 Å². The van der Waals surface area contributed by atoms with Gasteiger partial charge in [-0.2, -0.15) is 0 Å². The predicted octanol–water partition coefficient (Wildman–Crippen LogP) is 2.82. The number of hydrogen-bond donors (Lipinski definition) is 1. The van der Waals surface area contributed by atoms with E-state index in [4.69, 9.17) is 0 Å². The van der Waals surface area contributed by atoms with Gasteiger partial charge in [0.15, 0.2) is 0 Å². The molecule has 2 rings (SSSR count). The Hall–Kier alpha value is -1.26. The molecule has 1 nitrogen and oxygen atoms in total. The third kappa shape index (κ3) is 3.40. The molecule has 1 aliphatic carbocycles. The highest BCUT2D eigenvalue weighted by atomic mass is 14.9. The Balaban J connectivity index is 1.74. The van der Waals surface area contributed by atoms with Crippen LogP contribution in [0.3, 0.4) is 0 Å². The summed E-state index contributed by atoms with van der Waals surface area (Å²) in [6.45, 7) is 3.14. The summed E-state index contributed by atoms with van der Waals surface area (Å²) >= 11 is 0. The van der Waals surface area contributed by atoms with Gasteiger partial charge < -0.3 is 5.32 Å². The van der Waals surface area contributed by atoms with Crippen molar-refractivity contribution in [1.82, 2.24) is 5.32 Å². The minimum absolute atomic E-state index is 0.695. The second kappa shape index (κ2) is 5.72. The molecule has 1 saturated carbocycles. The largest absolute Gasteiger partial charge is 0.303 e. The fourth-order valence-electron chi connectivity index (χ4n) is 2.26. The van der Waals surface area contributed by atoms with E-state index in [1.54, 1.807) is 0 Å². The van der Waals surface area contributed by atoms with Gasteiger partial charge in [0.1, 0.15) is 0 Å². The molecule has 0 saturated heterocycles. The molecule has 2 atom stereocenters. The van der Waals surface area contributed by atoms with Crippen LogP contribution in [0.5, 0.6) is 0 Å². The molecule has 2 unspecified atom stereocenters. The summed E-state index contributed by atoms with van der Waals surface area (Å²) in [4.78, 5) is 0. The van der Waals surface area contributed by atoms with Crippen LogP contribution in [-0.2, 0) is 0 Å². The van der Waals surface area contributed by atoms with Crippen LogP contribution in [0.2, 0.25) is 0 Å². The third-order valence-electron chi connectivity index (χ3n) is 3.18. The van der Waals surface area contributed by atoms with Crippen LogP contribution in [0.4, 0.5) is 0 Å². The van der Waals surface area contributed by atoms with Crippen LogP contribution in [0, 0.1) is 17.8 Å². The van der Waals surface area contributed by atoms with Crippen LogP contribution in [0.15, 0.2) is 30.3 Å². The molecule has 1 N–H and O–H groups in total. The van der Waals surface area contributed by atoms with Crippen molar-refractivity contribution in [1.29, 1.82) is 0 Å². The standard InChI is InChI=1S/C15H19N/c1-13-9-10-15(12-13)16-11-5-8-14-6-3-2-4-7-14/h2-4,6-7,13,15-16H,9-12H2,1H3. The summed E-state index contributed by atoms with van der Waals surface area (Å²) in [5.41, 5.74) is 1.10. The zero-order valence-electron chi connectivity index (χ0n) is 9.87. The van der Waals surface area contributed by atoms with Crippen LogP contribution in [0.1, 0.15) is 31.7 Å². The predicted molar refractivity (Wildman–Crippen MR) is 68.1 cm³/mol. The first-order chi connectivity index (χ1) is 7.84. The highest BCUT2D eigenvalue weighted by Gasteiger charge is 2.19. The Labute approximate surface area is 98.3 Å². The smallest absolute Gasteiger partial charge is 0.0582 e. The maximum absolute atomic E-state index is 3.51. The first-order valence-corrected chi connectivity index (χ1v) is 6.12. The Bertz CT molecular complexity index is 371. The van der Waals surface area contributed by atoms with Crippen molar-refractivity contribution >= 4 is 0 Å². The molecule has 1 heteroatoms. The molecule has 1 fully saturated rings. The molecule has 0 radical (unpaired) electrons. The molecule has 1 aromatic carbocycles. The minimum Gasteiger partial charge on any atom is -0.303 e. The molecular weight excluding hydrogens is 194 g/mol. The highest BCUT2D eigenvalue weighted by Crippen LogP contribution is 2.24. The summed E-state index contributed by atoms with van der Waals surface area (Å²) in [5.74, 6) is 7.24. The zero-order valence-corrected chi connectivity index (χ0v) is 9.87. The molecule has 16 heavy (non-hydrogen) atoms. The number of hydrogen-bond acceptors (Lipinski definition) is 1. The van der Waals surface area contributed by atoms with Gasteiger partial charge in [0.25, 0.3) is 0 Å². The van der Waals surface area contributed by atoms with Crippen molar-refractivity contribution in [3.05, 3.63) is 35.9 Å². The quantitative estimate of drug-likeness (QED) is 0.745. The monoisotopic (exact) mass is 213 g/mol. The van der Waals surface area contributed by atoms with E-state index in [2.05, 4.69) is 24.1 Å². The molecule has 0 spiro atoms. The Morgan fingerprint density at radius 1 is 1.25 bits per heavy atom. The Morgan fingerprint density at radius 3 is 2.75 bits per heavy atom. The Morgan fingerprint density at radius 2 is 2.06 bits per heavy atom. The molecule has 84 valence electrons. The van der Waals surface area contributed by atoms with Crippen molar-refractivity contribution < 1.29 is 0 Å². The SMILES string of the molecule is CC1CCC(NCC#Cc2ccccc2)C1. The summed E-state index contributed by atoms with van der Waals surface area (Å²) < 4.78 is 0. The van der Waals surface area contributed by atoms with Crippen molar-refractivity contribution in [2.45, 2.75) is 32.2 Å². The van der Waals surface area contributed by atoms with Crippen LogP contribution >= 0.6 is 0 Å². The van der Waals surface area contributed by atoms with E-state index in [0.717, 1.165) is 18.0 Å². The molecule has 0 heterocycles. The van der Waals surface area contributed by atoms with Gasteiger partial charge in [-0.1, -0.05) is 37.0 Å². The van der Waals surface area contributed by atoms with Gasteiger partial charge in [0.2, 0.25) is 0 Å². The van der Waals surface area contributed by atoms with Crippen LogP contribution in [0.25, 0.3) is 0 Å². The lowest BCUT2D eigenvalue weighted by Crippen LogP contribution is -2.26. The highest BCUT2D eigenvalue weighted by molar-refractivity contribution is 5.33. The summed E-state index contributed by atoms with van der Waals surface area (Å²) in [6.07, 6.45) is 3.99. The van der Waals surface area contributed by atoms with Crippen molar-refractivity contribution in [3.63, 3.8) is 0 Å². The summed E-state index contributed by atoms with van der Waals surface area (Å²) in [6, 6.07) is 10.9. The fourth-order valence-corrected chi connectivity index (χ4v) is 2.26. The van der Waals surface area contributed by atoms with E-state index in [1.165, 1.54) is 19.3 Å². The lowest BCUT2D eigenvalue weighted by Gasteiger charge is -2.08. The maximum Gasteiger partial charge on any atom is 0.0582 e. The van der Waals surface area contributed by atoms with Crippen molar-refractivity contribution in [2.75, 3.05) is 6.54 Å². The zero-order chi connectivity index (χ0) is 11.2. The first-order valence-electron chi connectivity index (χ1n) is 6.12. The van der Waals surface area contributed by atoms with Gasteiger partial charge in [0, 0.05) is 11.6 Å². The number of rotatable bonds is 2. The fraction of sp³-hybridized carbons (Fsp3) is 0.467. The molecule has 1 aliphatic rings. The third-order valence-corrected chi connectivity index (χ3v) is 3.18. The van der Waals surface area contributed by atoms with Gasteiger partial charge in [0.05, 0.1) is 6.54 Å². The maximum atomic E-state index is 3.51. The van der Waals surface area contributed by atoms with Gasteiger partial charge in [-0.3, -0.25) is 0 Å². The Kier molecular flexibility index (Phi) is 4.02. The van der Waals surface area contributed by atoms with Gasteiger partial charge in [-0.05, 0) is 37.3 Å². The topological polar surface area (TPSA) is 12.0 Å². The lowest BCUT2D eigenvalue weighted by molar-refractivity contribution is 0.530. The average Bonchev–Trinajstić information content (AvgIpc) is 2.72. The normalized spacial score (nSPS) is 23.8. The second-order valence-corrected chi connectivity index (χ2v) is 4.66. The van der Waals surface area contributed by atoms with Crippen LogP contribution < -0.4 is 5.32 Å². The van der Waals surface area contributed by atoms with E-state index in [-0.39, 0.29) is 0 Å². The first kappa shape index (κ1) is 11.2. The lowest BCUT2D eigenvalue weighted by atomic mass is 10.1. The van der Waals surface area contributed by atoms with E-state index in [0.29, 0.717) is 6.04 Å². The van der Waals surface area contributed by atoms with Gasteiger partial charge >= 0.3 is 0 Å². The number of nitrogens with one attached hydrogen (secondary N) is 1. The van der Waals surface area contributed by atoms with Gasteiger partial charge in [-0.25, -0.2) is 0 Å². The van der Waals surface area contributed by atoms with E-state index < -0.39 is 0 Å². The minimum atomic E-state index is 0.695. The molecular formula is C15H19N. The molecule has 0 bridgehead atoms. The van der Waals surface area contributed by atoms with Crippen molar-refractivity contribution in [2.24, 2.45) is 5.92 Å². The van der Waals surface area contributed by atoms with E-state index in [9.17, 15) is 0 Å². The molecule has 0 aliphatic heterocycles.